The molecule has 0 unspecified atom stereocenters. The van der Waals surface area contributed by atoms with Crippen molar-refractivity contribution < 1.29 is 0 Å². The lowest BCUT2D eigenvalue weighted by Crippen LogP contribution is -2.32. The number of nitrogens with zero attached hydrogens (tertiary/aromatic N) is 3. The number of aliphatic imine (C=N–C) groups is 1. The zero-order valence-corrected chi connectivity index (χ0v) is 18.6. The highest BCUT2D eigenvalue weighted by atomic mass is 79.9. The standard InChI is InChI=1S/C16H23BrN6.3ClH/c1-12-8-13(17)9-22-15(12)5-3-7-21-16(18)20-6-2-4-14-10-19-11-23-14;;;/h8-11H,2-7H2,1H3,(H,19,23)(H3,18,20,21);3*1H. The minimum Gasteiger partial charge on any atom is -0.370 e. The van der Waals surface area contributed by atoms with Crippen LogP contribution >= 0.6 is 53.2 Å². The summed E-state index contributed by atoms with van der Waals surface area (Å²) in [4.78, 5) is 15.9. The van der Waals surface area contributed by atoms with E-state index >= 15 is 0 Å². The van der Waals surface area contributed by atoms with Gasteiger partial charge >= 0.3 is 0 Å². The molecular weight excluding hydrogens is 462 g/mol. The zero-order valence-electron chi connectivity index (χ0n) is 14.6. The second kappa shape index (κ2) is 15.1. The molecule has 6 nitrogen and oxygen atoms in total. The van der Waals surface area contributed by atoms with Gasteiger partial charge < -0.3 is 16.0 Å². The first kappa shape index (κ1) is 27.2. The molecule has 0 bridgehead atoms. The number of nitrogens with two attached hydrogens (primary N) is 1. The summed E-state index contributed by atoms with van der Waals surface area (Å²) in [5.41, 5.74) is 9.25. The molecule has 26 heavy (non-hydrogen) atoms. The second-order valence-electron chi connectivity index (χ2n) is 5.38. The van der Waals surface area contributed by atoms with Crippen LogP contribution in [0.1, 0.15) is 29.8 Å². The number of nitrogens with one attached hydrogen (secondary N) is 2. The lowest BCUT2D eigenvalue weighted by atomic mass is 10.1. The van der Waals surface area contributed by atoms with E-state index in [1.54, 1.807) is 6.33 Å². The number of rotatable bonds is 8. The van der Waals surface area contributed by atoms with Crippen LogP contribution in [-0.2, 0) is 12.8 Å². The minimum absolute atomic E-state index is 0. The van der Waals surface area contributed by atoms with Gasteiger partial charge in [0.15, 0.2) is 5.96 Å². The highest BCUT2D eigenvalue weighted by Gasteiger charge is 2.01. The molecule has 4 N–H and O–H groups in total. The van der Waals surface area contributed by atoms with E-state index in [-0.39, 0.29) is 37.2 Å². The molecule has 148 valence electrons. The number of hydrogen-bond acceptors (Lipinski definition) is 3. The first-order valence-electron chi connectivity index (χ1n) is 7.77. The molecular formula is C16H26BrCl3N6. The summed E-state index contributed by atoms with van der Waals surface area (Å²) < 4.78 is 1.02. The third-order valence-corrected chi connectivity index (χ3v) is 3.91. The molecule has 2 rings (SSSR count). The maximum absolute atomic E-state index is 5.86. The Kier molecular flexibility index (Phi) is 15.8. The maximum atomic E-state index is 5.86. The van der Waals surface area contributed by atoms with E-state index in [4.69, 9.17) is 5.73 Å². The Morgan fingerprint density at radius 1 is 1.23 bits per heavy atom. The first-order chi connectivity index (χ1) is 11.1. The maximum Gasteiger partial charge on any atom is 0.188 e. The number of guanidine groups is 1. The van der Waals surface area contributed by atoms with Gasteiger partial charge in [-0.25, -0.2) is 4.98 Å². The van der Waals surface area contributed by atoms with Gasteiger partial charge in [0.1, 0.15) is 0 Å². The summed E-state index contributed by atoms with van der Waals surface area (Å²) in [6, 6.07) is 2.09. The fourth-order valence-electron chi connectivity index (χ4n) is 2.25. The van der Waals surface area contributed by atoms with Crippen molar-refractivity contribution in [3.63, 3.8) is 0 Å². The van der Waals surface area contributed by atoms with E-state index in [1.807, 2.05) is 12.4 Å². The molecule has 0 saturated heterocycles. The Balaban J connectivity index is 0. The van der Waals surface area contributed by atoms with Gasteiger partial charge in [0.05, 0.1) is 12.0 Å². The van der Waals surface area contributed by atoms with Crippen molar-refractivity contribution in [3.05, 3.63) is 46.2 Å². The van der Waals surface area contributed by atoms with Crippen molar-refractivity contribution in [1.82, 2.24) is 20.3 Å². The van der Waals surface area contributed by atoms with Gasteiger partial charge in [0, 0.05) is 35.6 Å². The van der Waals surface area contributed by atoms with E-state index in [0.29, 0.717) is 12.5 Å². The molecule has 0 saturated carbocycles. The summed E-state index contributed by atoms with van der Waals surface area (Å²) in [5.74, 6) is 0.507. The fraction of sp³-hybridized carbons (Fsp3) is 0.438. The molecule has 0 radical (unpaired) electrons. The normalized spacial score (nSPS) is 10.3. The molecule has 0 aromatic carbocycles. The Morgan fingerprint density at radius 3 is 2.65 bits per heavy atom. The predicted octanol–water partition coefficient (Wildman–Crippen LogP) is 3.61. The van der Waals surface area contributed by atoms with Crippen molar-refractivity contribution in [1.29, 1.82) is 0 Å². The van der Waals surface area contributed by atoms with Crippen molar-refractivity contribution in [2.24, 2.45) is 10.7 Å². The molecule has 10 heteroatoms. The molecule has 0 amide bonds. The van der Waals surface area contributed by atoms with Crippen LogP contribution in [0, 0.1) is 6.92 Å². The molecule has 0 fully saturated rings. The Hall–Kier alpha value is -1.02. The summed E-state index contributed by atoms with van der Waals surface area (Å²) in [5, 5.41) is 3.15. The van der Waals surface area contributed by atoms with E-state index in [2.05, 4.69) is 54.2 Å². The molecule has 0 aliphatic carbocycles. The summed E-state index contributed by atoms with van der Waals surface area (Å²) in [6.45, 7) is 3.58. The van der Waals surface area contributed by atoms with Crippen LogP contribution in [0.4, 0.5) is 0 Å². The second-order valence-corrected chi connectivity index (χ2v) is 6.29. The lowest BCUT2D eigenvalue weighted by Gasteiger charge is -2.07. The highest BCUT2D eigenvalue weighted by molar-refractivity contribution is 9.10. The zero-order chi connectivity index (χ0) is 16.5. The van der Waals surface area contributed by atoms with E-state index < -0.39 is 0 Å². The van der Waals surface area contributed by atoms with Crippen LogP contribution in [0.2, 0.25) is 0 Å². The van der Waals surface area contributed by atoms with Crippen molar-refractivity contribution >= 4 is 59.1 Å². The average Bonchev–Trinajstić information content (AvgIpc) is 3.03. The van der Waals surface area contributed by atoms with Crippen LogP contribution < -0.4 is 11.1 Å². The number of aryl methyl sites for hydroxylation is 3. The lowest BCUT2D eigenvalue weighted by molar-refractivity contribution is 0.743. The smallest absolute Gasteiger partial charge is 0.188 e. The largest absolute Gasteiger partial charge is 0.370 e. The summed E-state index contributed by atoms with van der Waals surface area (Å²) >= 11 is 3.43. The number of imidazole rings is 1. The van der Waals surface area contributed by atoms with Crippen LogP contribution in [0.3, 0.4) is 0 Å². The molecule has 2 heterocycles. The van der Waals surface area contributed by atoms with Crippen LogP contribution in [0.15, 0.2) is 34.3 Å². The van der Waals surface area contributed by atoms with Gasteiger partial charge in [-0.1, -0.05) is 0 Å². The third kappa shape index (κ3) is 10.2. The monoisotopic (exact) mass is 486 g/mol. The van der Waals surface area contributed by atoms with Crippen LogP contribution in [0.25, 0.3) is 0 Å². The number of pyridine rings is 1. The number of hydrogen-bond donors (Lipinski definition) is 3. The van der Waals surface area contributed by atoms with Crippen molar-refractivity contribution in [2.75, 3.05) is 13.1 Å². The topological polar surface area (TPSA) is 92.0 Å². The fourth-order valence-corrected chi connectivity index (χ4v) is 2.69. The minimum atomic E-state index is 0. The number of aromatic nitrogens is 3. The molecule has 0 aliphatic heterocycles. The Labute approximate surface area is 181 Å². The highest BCUT2D eigenvalue weighted by Crippen LogP contribution is 2.13. The SMILES string of the molecule is Cc1cc(Br)cnc1CCCNC(N)=NCCCc1c[nH]cn1.Cl.Cl.Cl. The Bertz CT molecular complexity index is 637. The molecule has 2 aromatic rings. The third-order valence-electron chi connectivity index (χ3n) is 3.48. The number of H-pyrrole nitrogens is 1. The number of halogens is 4. The van der Waals surface area contributed by atoms with Crippen LogP contribution in [-0.4, -0.2) is 34.0 Å². The number of aromatic amines is 1. The van der Waals surface area contributed by atoms with Gasteiger partial charge in [-0.15, -0.1) is 37.2 Å². The summed E-state index contributed by atoms with van der Waals surface area (Å²) in [7, 11) is 0. The van der Waals surface area contributed by atoms with Gasteiger partial charge in [0.2, 0.25) is 0 Å². The van der Waals surface area contributed by atoms with Crippen molar-refractivity contribution in [2.45, 2.75) is 32.6 Å². The molecule has 2 aromatic heterocycles. The van der Waals surface area contributed by atoms with E-state index in [1.165, 1.54) is 5.56 Å². The van der Waals surface area contributed by atoms with E-state index in [0.717, 1.165) is 48.1 Å². The van der Waals surface area contributed by atoms with Gasteiger partial charge in [-0.3, -0.25) is 9.98 Å². The van der Waals surface area contributed by atoms with Crippen LogP contribution in [0.5, 0.6) is 0 Å². The van der Waals surface area contributed by atoms with Gasteiger partial charge in [0.25, 0.3) is 0 Å². The molecule has 0 aliphatic rings. The molecule has 0 atom stereocenters. The Morgan fingerprint density at radius 2 is 2.00 bits per heavy atom. The summed E-state index contributed by atoms with van der Waals surface area (Å²) in [6.07, 6.45) is 9.19. The first-order valence-corrected chi connectivity index (χ1v) is 8.57. The predicted molar refractivity (Wildman–Crippen MR) is 118 cm³/mol. The average molecular weight is 489 g/mol. The van der Waals surface area contributed by atoms with Crippen molar-refractivity contribution in [3.8, 4) is 0 Å². The molecule has 0 spiro atoms. The van der Waals surface area contributed by atoms with Gasteiger partial charge in [-0.2, -0.15) is 0 Å². The van der Waals surface area contributed by atoms with E-state index in [9.17, 15) is 0 Å². The van der Waals surface area contributed by atoms with Gasteiger partial charge in [-0.05, 0) is 60.2 Å². The quantitative estimate of drug-likeness (QED) is 0.301.